The molecule has 0 bridgehead atoms. The number of carbonyl (C=O) groups is 1. The van der Waals surface area contributed by atoms with Crippen molar-refractivity contribution in [3.05, 3.63) is 42.4 Å². The fourth-order valence-electron chi connectivity index (χ4n) is 5.03. The van der Waals surface area contributed by atoms with Crippen LogP contribution in [0.25, 0.3) is 11.0 Å². The normalized spacial score (nSPS) is 20.0. The zero-order valence-corrected chi connectivity index (χ0v) is 18.9. The highest BCUT2D eigenvalue weighted by Gasteiger charge is 2.37. The lowest BCUT2D eigenvalue weighted by Gasteiger charge is -2.34. The van der Waals surface area contributed by atoms with Crippen molar-refractivity contribution in [2.75, 3.05) is 23.3 Å². The minimum atomic E-state index is -0.0788. The Labute approximate surface area is 189 Å². The van der Waals surface area contributed by atoms with Gasteiger partial charge < -0.3 is 10.2 Å². The summed E-state index contributed by atoms with van der Waals surface area (Å²) >= 11 is 0. The molecule has 0 radical (unpaired) electrons. The highest BCUT2D eigenvalue weighted by atomic mass is 16.1. The number of hydrogen-bond acceptors (Lipinski definition) is 6. The van der Waals surface area contributed by atoms with Crippen LogP contribution in [0.1, 0.15) is 57.4 Å². The number of nitrogens with one attached hydrogen (secondary N) is 2. The number of Topliss-reactive ketones (excluding diaryl/α,β-unsaturated/α-hetero) is 1. The highest BCUT2D eigenvalue weighted by molar-refractivity contribution is 5.88. The van der Waals surface area contributed by atoms with Crippen LogP contribution in [-0.4, -0.2) is 45.1 Å². The number of hydrogen-bond donors (Lipinski definition) is 2. The van der Waals surface area contributed by atoms with Crippen LogP contribution in [0.2, 0.25) is 0 Å². The summed E-state index contributed by atoms with van der Waals surface area (Å²) in [7, 11) is 0. The van der Waals surface area contributed by atoms with Gasteiger partial charge in [-0.05, 0) is 55.1 Å². The van der Waals surface area contributed by atoms with Crippen LogP contribution < -0.4 is 10.2 Å². The molecule has 0 amide bonds. The van der Waals surface area contributed by atoms with Gasteiger partial charge in [-0.1, -0.05) is 32.0 Å². The van der Waals surface area contributed by atoms with Crippen molar-refractivity contribution in [3.8, 4) is 0 Å². The predicted octanol–water partition coefficient (Wildman–Crippen LogP) is 4.54. The Balaban J connectivity index is 1.28. The van der Waals surface area contributed by atoms with Gasteiger partial charge in [-0.15, -0.1) is 0 Å². The van der Waals surface area contributed by atoms with Crippen LogP contribution in [-0.2, 0) is 4.79 Å². The quantitative estimate of drug-likeness (QED) is 0.543. The van der Waals surface area contributed by atoms with Crippen LogP contribution in [0.4, 0.5) is 11.5 Å². The van der Waals surface area contributed by atoms with Crippen molar-refractivity contribution in [1.82, 2.24) is 20.2 Å². The number of aromatic amines is 1. The number of para-hydroxylation sites is 1. The predicted molar refractivity (Wildman–Crippen MR) is 127 cm³/mol. The summed E-state index contributed by atoms with van der Waals surface area (Å²) in [4.78, 5) is 24.6. The monoisotopic (exact) mass is 432 g/mol. The third kappa shape index (κ3) is 4.33. The molecule has 32 heavy (non-hydrogen) atoms. The lowest BCUT2D eigenvalue weighted by atomic mass is 9.89. The molecule has 2 aromatic heterocycles. The van der Waals surface area contributed by atoms with E-state index < -0.39 is 0 Å². The summed E-state index contributed by atoms with van der Waals surface area (Å²) in [6, 6.07) is 8.34. The smallest absolute Gasteiger partial charge is 0.160 e. The number of fused-ring (bicyclic) bond motifs is 1. The third-order valence-electron chi connectivity index (χ3n) is 6.87. The average Bonchev–Trinajstić information content (AvgIpc) is 3.52. The van der Waals surface area contributed by atoms with E-state index in [1.807, 2.05) is 0 Å². The molecule has 1 saturated heterocycles. The number of rotatable bonds is 8. The number of ketones is 1. The van der Waals surface area contributed by atoms with Gasteiger partial charge in [-0.3, -0.25) is 9.89 Å². The Morgan fingerprint density at radius 3 is 2.88 bits per heavy atom. The van der Waals surface area contributed by atoms with E-state index in [1.165, 1.54) is 5.56 Å². The summed E-state index contributed by atoms with van der Waals surface area (Å²) in [6.45, 7) is 6.21. The molecule has 1 aliphatic heterocycles. The Hall–Kier alpha value is -2.96. The van der Waals surface area contributed by atoms with Crippen molar-refractivity contribution in [2.45, 2.75) is 57.9 Å². The zero-order valence-electron chi connectivity index (χ0n) is 18.9. The van der Waals surface area contributed by atoms with Crippen molar-refractivity contribution in [2.24, 2.45) is 11.8 Å². The van der Waals surface area contributed by atoms with Gasteiger partial charge in [0.05, 0.1) is 17.6 Å². The molecule has 2 aliphatic rings. The second-order valence-corrected chi connectivity index (χ2v) is 9.66. The van der Waals surface area contributed by atoms with Crippen LogP contribution >= 0.6 is 0 Å². The van der Waals surface area contributed by atoms with E-state index in [2.05, 4.69) is 68.5 Å². The van der Waals surface area contributed by atoms with Gasteiger partial charge in [-0.25, -0.2) is 9.97 Å². The van der Waals surface area contributed by atoms with Crippen LogP contribution in [0.3, 0.4) is 0 Å². The van der Waals surface area contributed by atoms with Gasteiger partial charge in [0.1, 0.15) is 12.1 Å². The maximum absolute atomic E-state index is 13.5. The third-order valence-corrected chi connectivity index (χ3v) is 6.87. The highest BCUT2D eigenvalue weighted by Crippen LogP contribution is 2.37. The number of H-pyrrole nitrogens is 1. The molecule has 7 heteroatoms. The van der Waals surface area contributed by atoms with Gasteiger partial charge in [0.15, 0.2) is 11.4 Å². The lowest BCUT2D eigenvalue weighted by Crippen LogP contribution is -2.39. The fraction of sp³-hybridized carbons (Fsp3) is 0.520. The Kier molecular flexibility index (Phi) is 5.81. The molecule has 0 spiro atoms. The van der Waals surface area contributed by atoms with E-state index in [9.17, 15) is 4.79 Å². The maximum Gasteiger partial charge on any atom is 0.160 e. The first-order valence-corrected chi connectivity index (χ1v) is 11.9. The van der Waals surface area contributed by atoms with E-state index in [0.29, 0.717) is 30.0 Å². The molecule has 1 aromatic carbocycles. The summed E-state index contributed by atoms with van der Waals surface area (Å²) in [5.74, 6) is 2.51. The molecule has 168 valence electrons. The number of nitrogens with zero attached hydrogens (tertiary/aromatic N) is 4. The first-order chi connectivity index (χ1) is 15.6. The molecule has 1 saturated carbocycles. The van der Waals surface area contributed by atoms with E-state index >= 15 is 0 Å². The van der Waals surface area contributed by atoms with E-state index in [0.717, 1.165) is 61.3 Å². The standard InChI is InChI=1S/C25H32N6O/c1-16(2)19-7-3-4-8-21(19)29-23(18-9-10-18)22(32)12-17-6-5-11-31(14-17)25-20-13-28-30-24(20)26-15-27-25/h3-4,7-8,13,15-18,23,29H,5-6,9-12,14H2,1-2H3,(H,26,27,28,30)/t17-,23+/m0/s1. The second kappa shape index (κ2) is 8.88. The van der Waals surface area contributed by atoms with Gasteiger partial charge in [-0.2, -0.15) is 5.10 Å². The first-order valence-electron chi connectivity index (χ1n) is 11.9. The van der Waals surface area contributed by atoms with E-state index in [4.69, 9.17) is 0 Å². The van der Waals surface area contributed by atoms with Crippen LogP contribution in [0, 0.1) is 11.8 Å². The molecule has 7 nitrogen and oxygen atoms in total. The van der Waals surface area contributed by atoms with Crippen molar-refractivity contribution >= 4 is 28.3 Å². The minimum absolute atomic E-state index is 0.0788. The molecule has 2 atom stereocenters. The molecular formula is C25H32N6O. The van der Waals surface area contributed by atoms with E-state index in [1.54, 1.807) is 12.5 Å². The van der Waals surface area contributed by atoms with Gasteiger partial charge in [0, 0.05) is 25.2 Å². The van der Waals surface area contributed by atoms with Gasteiger partial charge in [0.25, 0.3) is 0 Å². The van der Waals surface area contributed by atoms with Gasteiger partial charge in [0.2, 0.25) is 0 Å². The van der Waals surface area contributed by atoms with E-state index in [-0.39, 0.29) is 6.04 Å². The lowest BCUT2D eigenvalue weighted by molar-refractivity contribution is -0.121. The number of carbonyl (C=O) groups excluding carboxylic acids is 1. The summed E-state index contributed by atoms with van der Waals surface area (Å²) < 4.78 is 0. The van der Waals surface area contributed by atoms with Crippen molar-refractivity contribution in [1.29, 1.82) is 0 Å². The number of anilines is 2. The zero-order chi connectivity index (χ0) is 22.1. The number of piperidine rings is 1. The molecule has 2 N–H and O–H groups in total. The molecule has 5 rings (SSSR count). The summed E-state index contributed by atoms with van der Waals surface area (Å²) in [6.07, 6.45) is 8.43. The molecule has 1 aliphatic carbocycles. The number of benzene rings is 1. The average molecular weight is 433 g/mol. The van der Waals surface area contributed by atoms with Crippen LogP contribution in [0.15, 0.2) is 36.8 Å². The Morgan fingerprint density at radius 1 is 1.22 bits per heavy atom. The van der Waals surface area contributed by atoms with Crippen molar-refractivity contribution < 1.29 is 4.79 Å². The summed E-state index contributed by atoms with van der Waals surface area (Å²) in [5, 5.41) is 11.6. The topological polar surface area (TPSA) is 86.8 Å². The number of aromatic nitrogens is 4. The maximum atomic E-state index is 13.5. The molecule has 3 heterocycles. The summed E-state index contributed by atoms with van der Waals surface area (Å²) in [5.41, 5.74) is 3.15. The van der Waals surface area contributed by atoms with Crippen molar-refractivity contribution in [3.63, 3.8) is 0 Å². The SMILES string of the molecule is CC(C)c1ccccc1N[C@@H](C(=O)C[C@@H]1CCCN(c2ncnc3[nH]ncc23)C1)C1CC1. The molecule has 3 aromatic rings. The second-order valence-electron chi connectivity index (χ2n) is 9.66. The Morgan fingerprint density at radius 2 is 2.06 bits per heavy atom. The van der Waals surface area contributed by atoms with Gasteiger partial charge >= 0.3 is 0 Å². The molecule has 2 fully saturated rings. The first kappa shape index (κ1) is 20.9. The minimum Gasteiger partial charge on any atom is -0.375 e. The Bertz CT molecular complexity index is 1090. The molecule has 0 unspecified atom stereocenters. The van der Waals surface area contributed by atoms with Crippen LogP contribution in [0.5, 0.6) is 0 Å². The molecular weight excluding hydrogens is 400 g/mol. The fourth-order valence-corrected chi connectivity index (χ4v) is 5.03. The largest absolute Gasteiger partial charge is 0.375 e.